The summed E-state index contributed by atoms with van der Waals surface area (Å²) >= 11 is 0. The fraction of sp³-hybridized carbons (Fsp3) is 0.983. The molecule has 6 saturated heterocycles. The summed E-state index contributed by atoms with van der Waals surface area (Å²) in [6, 6.07) is 0. The standard InChI is InChI=1S/C58H94O27/c1-52(2)29-7-11-55(5)30(8-12-58-31-15-53(3,22-62)13-14-57(31,23-77-58)32(64)16-56(55,58)6)54(29,4)10-9-33(52)82-50-45(84-49-43(74)40(71)36(67)26(18-60)79-49)38(69)28(21-76-50)81-51-46(85-47-41(72)34(65)24(63)20-75-47)44(37(68)27(19-61)80-51)83-48-42(73)39(70)35(66)25(17-59)78-48/h22,24-51,59-61,63-74H,7-21,23H2,1-6H3/t24-,25-,26+,27-,28-,29+,30-,31-,32-,33+,34+,35-,36+,37-,38+,39+,40-,41-,42-,43+,44+,45-,46-,47+,48+,49-,50+,51+,53-,54-,55+,56+,57+,58-/m0/s1. The smallest absolute Gasteiger partial charge is 0.187 e. The number of rotatable bonds is 14. The van der Waals surface area contributed by atoms with Crippen molar-refractivity contribution in [1.82, 2.24) is 0 Å². The van der Waals surface area contributed by atoms with Crippen molar-refractivity contribution in [2.24, 2.45) is 50.2 Å². The highest BCUT2D eigenvalue weighted by atomic mass is 16.8. The fourth-order valence-corrected chi connectivity index (χ4v) is 18.9. The van der Waals surface area contributed by atoms with E-state index in [-0.39, 0.29) is 34.0 Å². The summed E-state index contributed by atoms with van der Waals surface area (Å²) in [5, 5.41) is 165. The van der Waals surface area contributed by atoms with Gasteiger partial charge < -0.3 is 133 Å². The van der Waals surface area contributed by atoms with Gasteiger partial charge in [-0.1, -0.05) is 41.5 Å². The van der Waals surface area contributed by atoms with Crippen LogP contribution in [0.5, 0.6) is 0 Å². The maximum Gasteiger partial charge on any atom is 0.187 e. The molecule has 0 radical (unpaired) electrons. The molecule has 0 amide bonds. The van der Waals surface area contributed by atoms with Crippen molar-refractivity contribution in [2.75, 3.05) is 39.6 Å². The Hall–Kier alpha value is -1.37. The zero-order valence-electron chi connectivity index (χ0n) is 49.2. The lowest BCUT2D eigenvalue weighted by atomic mass is 9.30. The number of aliphatic hydroxyl groups is 15. The minimum atomic E-state index is -2.03. The summed E-state index contributed by atoms with van der Waals surface area (Å²) in [6.07, 6.45) is -34.0. The molecule has 15 N–H and O–H groups in total. The first-order valence-corrected chi connectivity index (χ1v) is 30.6. The van der Waals surface area contributed by atoms with Gasteiger partial charge in [-0.25, -0.2) is 0 Å². The van der Waals surface area contributed by atoms with Crippen molar-refractivity contribution in [2.45, 2.75) is 265 Å². The zero-order valence-corrected chi connectivity index (χ0v) is 49.2. The van der Waals surface area contributed by atoms with E-state index in [4.69, 9.17) is 52.1 Å². The van der Waals surface area contributed by atoms with E-state index in [9.17, 15) is 81.4 Å². The van der Waals surface area contributed by atoms with E-state index >= 15 is 0 Å². The van der Waals surface area contributed by atoms with Crippen molar-refractivity contribution in [3.8, 4) is 0 Å². The Balaban J connectivity index is 0.868. The Labute approximate surface area is 493 Å². The summed E-state index contributed by atoms with van der Waals surface area (Å²) in [4.78, 5) is 12.6. The molecule has 488 valence electrons. The molecular weight excluding hydrogens is 1130 g/mol. The number of ether oxygens (including phenoxy) is 11. The Kier molecular flexibility index (Phi) is 18.1. The number of carbonyl (C=O) groups excluding carboxylic acids is 1. The van der Waals surface area contributed by atoms with E-state index in [1.54, 1.807) is 0 Å². The van der Waals surface area contributed by atoms with Crippen LogP contribution in [0.1, 0.15) is 106 Å². The number of aldehydes is 1. The molecule has 34 atom stereocenters. The maximum absolute atomic E-state index is 12.7. The maximum atomic E-state index is 12.7. The third-order valence-corrected chi connectivity index (χ3v) is 24.1. The van der Waals surface area contributed by atoms with Crippen LogP contribution < -0.4 is 0 Å². The molecule has 11 rings (SSSR count). The van der Waals surface area contributed by atoms with Gasteiger partial charge in [0.05, 0.1) is 57.5 Å². The largest absolute Gasteiger partial charge is 0.394 e. The summed E-state index contributed by atoms with van der Waals surface area (Å²) in [5.41, 5.74) is -2.88. The fourth-order valence-electron chi connectivity index (χ4n) is 18.9. The normalized spacial score (nSPS) is 57.6. The summed E-state index contributed by atoms with van der Waals surface area (Å²) in [6.45, 7) is 10.3. The van der Waals surface area contributed by atoms with E-state index in [0.717, 1.165) is 44.8 Å². The first-order valence-electron chi connectivity index (χ1n) is 30.6. The van der Waals surface area contributed by atoms with Crippen LogP contribution in [0.4, 0.5) is 0 Å². The minimum Gasteiger partial charge on any atom is -0.394 e. The Morgan fingerprint density at radius 1 is 0.482 bits per heavy atom. The van der Waals surface area contributed by atoms with Gasteiger partial charge in [-0.2, -0.15) is 0 Å². The highest BCUT2D eigenvalue weighted by molar-refractivity contribution is 5.59. The number of hydrogen-bond donors (Lipinski definition) is 15. The quantitative estimate of drug-likeness (QED) is 0.0581. The molecule has 0 aromatic rings. The average Bonchev–Trinajstić information content (AvgIpc) is 1.63. The van der Waals surface area contributed by atoms with Gasteiger partial charge in [-0.3, -0.25) is 0 Å². The highest BCUT2D eigenvalue weighted by Gasteiger charge is 2.80. The molecule has 27 nitrogen and oxygen atoms in total. The number of carbonyl (C=O) groups is 1. The highest BCUT2D eigenvalue weighted by Crippen LogP contribution is 2.80. The lowest BCUT2D eigenvalue weighted by Gasteiger charge is -2.75. The molecule has 11 aliphatic rings. The topological polar surface area (TPSA) is 422 Å². The van der Waals surface area contributed by atoms with Crippen LogP contribution in [-0.2, 0) is 56.9 Å². The summed E-state index contributed by atoms with van der Waals surface area (Å²) < 4.78 is 68.6. The average molecular weight is 1220 g/mol. The molecule has 85 heavy (non-hydrogen) atoms. The number of hydrogen-bond acceptors (Lipinski definition) is 27. The first kappa shape index (κ1) is 65.1. The molecule has 6 aliphatic heterocycles. The van der Waals surface area contributed by atoms with Gasteiger partial charge in [-0.15, -0.1) is 0 Å². The van der Waals surface area contributed by atoms with Crippen molar-refractivity contribution < 1.29 is 133 Å². The van der Waals surface area contributed by atoms with Crippen LogP contribution in [0.2, 0.25) is 0 Å². The first-order chi connectivity index (χ1) is 40.0. The van der Waals surface area contributed by atoms with Crippen molar-refractivity contribution in [3.05, 3.63) is 0 Å². The van der Waals surface area contributed by atoms with Crippen molar-refractivity contribution in [3.63, 3.8) is 0 Å². The SMILES string of the molecule is CC1(C)[C@H]2CC[C@]3(C)[C@@H](CC[C@]45OC[C@@]6(CC[C@](C)(C=O)C[C@@H]64)[C@@H](O)C[C@@]53C)[C@@]2(C)CC[C@H]1O[C@H]1OC[C@H](O[C@H]2O[C@@H](CO)[C@H](O)[C@@H](O[C@H]3O[C@@H](CO)[C@H](O)[C@@H](O)[C@@H]3O)[C@@H]2O[C@H]2OC[C@H](O)[C@@H](O)[C@@H]2O)[C@@H](O)[C@@H]1O[C@@H]1O[C@H](CO)[C@@H](O)[C@H](O)[C@H]1O. The number of fused-ring (bicyclic) bond motifs is 4. The predicted octanol–water partition coefficient (Wildman–Crippen LogP) is -4.07. The van der Waals surface area contributed by atoms with Gasteiger partial charge >= 0.3 is 0 Å². The van der Waals surface area contributed by atoms with Gasteiger partial charge in [0.1, 0.15) is 116 Å². The molecule has 5 aliphatic carbocycles. The summed E-state index contributed by atoms with van der Waals surface area (Å²) in [5.74, 6) is 0.317. The van der Waals surface area contributed by atoms with Crippen molar-refractivity contribution >= 4 is 6.29 Å². The van der Waals surface area contributed by atoms with Crippen LogP contribution in [0.3, 0.4) is 0 Å². The van der Waals surface area contributed by atoms with Gasteiger partial charge in [0.2, 0.25) is 0 Å². The summed E-state index contributed by atoms with van der Waals surface area (Å²) in [7, 11) is 0. The van der Waals surface area contributed by atoms with Gasteiger partial charge in [0.25, 0.3) is 0 Å². The van der Waals surface area contributed by atoms with Crippen LogP contribution in [-0.4, -0.2) is 282 Å². The molecule has 0 aromatic heterocycles. The lowest BCUT2D eigenvalue weighted by molar-refractivity contribution is -0.404. The molecule has 0 unspecified atom stereocenters. The predicted molar refractivity (Wildman–Crippen MR) is 283 cm³/mol. The van der Waals surface area contributed by atoms with E-state index in [2.05, 4.69) is 34.6 Å². The van der Waals surface area contributed by atoms with E-state index < -0.39 is 208 Å². The third kappa shape index (κ3) is 10.2. The molecule has 6 heterocycles. The Morgan fingerprint density at radius 3 is 1.67 bits per heavy atom. The third-order valence-electron chi connectivity index (χ3n) is 24.1. The molecule has 0 aromatic carbocycles. The second kappa shape index (κ2) is 23.6. The lowest BCUT2D eigenvalue weighted by Crippen LogP contribution is -2.74. The molecule has 5 saturated carbocycles. The Bertz CT molecular complexity index is 2340. The van der Waals surface area contributed by atoms with Gasteiger partial charge in [0, 0.05) is 16.2 Å². The number of aliphatic hydroxyl groups excluding tert-OH is 15. The molecule has 27 heteroatoms. The Morgan fingerprint density at radius 2 is 1.05 bits per heavy atom. The van der Waals surface area contributed by atoms with Crippen LogP contribution in [0.15, 0.2) is 0 Å². The molecule has 1 spiro atoms. The monoisotopic (exact) mass is 1220 g/mol. The van der Waals surface area contributed by atoms with Crippen molar-refractivity contribution in [1.29, 1.82) is 0 Å². The van der Waals surface area contributed by atoms with Gasteiger partial charge in [0.15, 0.2) is 31.5 Å². The van der Waals surface area contributed by atoms with Gasteiger partial charge in [-0.05, 0) is 98.2 Å². The second-order valence-corrected chi connectivity index (χ2v) is 28.6. The van der Waals surface area contributed by atoms with E-state index in [0.29, 0.717) is 32.3 Å². The second-order valence-electron chi connectivity index (χ2n) is 28.6. The zero-order chi connectivity index (χ0) is 61.5. The molecule has 11 fully saturated rings. The van der Waals surface area contributed by atoms with Crippen LogP contribution >= 0.6 is 0 Å². The van der Waals surface area contributed by atoms with E-state index in [1.165, 1.54) is 0 Å². The van der Waals surface area contributed by atoms with E-state index in [1.807, 2.05) is 6.92 Å². The molecular formula is C58H94O27. The van der Waals surface area contributed by atoms with Crippen LogP contribution in [0, 0.1) is 50.2 Å². The molecule has 2 bridgehead atoms. The van der Waals surface area contributed by atoms with Crippen LogP contribution in [0.25, 0.3) is 0 Å². The minimum absolute atomic E-state index is 0.0397.